The number of amides is 1. The molecule has 1 heterocycles. The molecule has 1 aromatic carbocycles. The SMILES string of the molecule is COC(OC)c1ccc(C2(N)CN(C(=O)OC(C)(C)C)C2)c(Br)c1. The van der Waals surface area contributed by atoms with Gasteiger partial charge in [-0.15, -0.1) is 0 Å². The topological polar surface area (TPSA) is 74.0 Å². The van der Waals surface area contributed by atoms with Gasteiger partial charge in [0, 0.05) is 37.3 Å². The fourth-order valence-corrected chi connectivity index (χ4v) is 3.50. The Morgan fingerprint density at radius 1 is 1.29 bits per heavy atom. The lowest BCUT2D eigenvalue weighted by atomic mass is 9.83. The van der Waals surface area contributed by atoms with Gasteiger partial charge in [0.1, 0.15) is 5.60 Å². The second-order valence-corrected chi connectivity index (χ2v) is 7.89. The number of halogens is 1. The summed E-state index contributed by atoms with van der Waals surface area (Å²) >= 11 is 3.56. The van der Waals surface area contributed by atoms with Crippen LogP contribution in [-0.4, -0.2) is 43.9 Å². The summed E-state index contributed by atoms with van der Waals surface area (Å²) in [5.41, 5.74) is 7.19. The van der Waals surface area contributed by atoms with E-state index in [1.165, 1.54) is 0 Å². The van der Waals surface area contributed by atoms with Gasteiger partial charge < -0.3 is 24.8 Å². The summed E-state index contributed by atoms with van der Waals surface area (Å²) in [5, 5.41) is 0. The molecule has 1 fully saturated rings. The first-order valence-electron chi connectivity index (χ1n) is 7.72. The van der Waals surface area contributed by atoms with Crippen molar-refractivity contribution in [3.8, 4) is 0 Å². The third-order valence-corrected chi connectivity index (χ3v) is 4.48. The highest BCUT2D eigenvalue weighted by atomic mass is 79.9. The first-order valence-corrected chi connectivity index (χ1v) is 8.51. The summed E-state index contributed by atoms with van der Waals surface area (Å²) in [5.74, 6) is 0. The van der Waals surface area contributed by atoms with Gasteiger partial charge in [0.25, 0.3) is 0 Å². The number of rotatable bonds is 4. The van der Waals surface area contributed by atoms with Gasteiger partial charge in [0.2, 0.25) is 0 Å². The van der Waals surface area contributed by atoms with Gasteiger partial charge in [0.15, 0.2) is 6.29 Å². The largest absolute Gasteiger partial charge is 0.444 e. The number of nitrogens with zero attached hydrogens (tertiary/aromatic N) is 1. The van der Waals surface area contributed by atoms with Crippen molar-refractivity contribution in [3.05, 3.63) is 33.8 Å². The lowest BCUT2D eigenvalue weighted by molar-refractivity contribution is -0.106. The number of hydrogen-bond acceptors (Lipinski definition) is 5. The van der Waals surface area contributed by atoms with E-state index in [4.69, 9.17) is 19.9 Å². The van der Waals surface area contributed by atoms with E-state index < -0.39 is 17.4 Å². The molecule has 6 nitrogen and oxygen atoms in total. The zero-order valence-corrected chi connectivity index (χ0v) is 16.3. The molecule has 2 rings (SSSR count). The maximum absolute atomic E-state index is 12.1. The Balaban J connectivity index is 2.09. The third kappa shape index (κ3) is 4.08. The maximum atomic E-state index is 12.1. The second kappa shape index (κ2) is 7.00. The summed E-state index contributed by atoms with van der Waals surface area (Å²) in [6.45, 7) is 6.36. The zero-order valence-electron chi connectivity index (χ0n) is 14.8. The fraction of sp³-hybridized carbons (Fsp3) is 0.588. The van der Waals surface area contributed by atoms with Crippen molar-refractivity contribution in [2.24, 2.45) is 5.73 Å². The molecule has 0 bridgehead atoms. The summed E-state index contributed by atoms with van der Waals surface area (Å²) < 4.78 is 16.7. The second-order valence-electron chi connectivity index (χ2n) is 7.04. The number of hydrogen-bond donors (Lipinski definition) is 1. The van der Waals surface area contributed by atoms with Gasteiger partial charge in [-0.05, 0) is 32.4 Å². The molecule has 1 saturated heterocycles. The molecule has 2 N–H and O–H groups in total. The molecule has 0 aliphatic carbocycles. The quantitative estimate of drug-likeness (QED) is 0.785. The lowest BCUT2D eigenvalue weighted by Crippen LogP contribution is -2.66. The van der Waals surface area contributed by atoms with Crippen LogP contribution in [0.15, 0.2) is 22.7 Å². The van der Waals surface area contributed by atoms with Gasteiger partial charge >= 0.3 is 6.09 Å². The number of benzene rings is 1. The van der Waals surface area contributed by atoms with E-state index in [1.807, 2.05) is 39.0 Å². The van der Waals surface area contributed by atoms with Crippen molar-refractivity contribution in [1.29, 1.82) is 0 Å². The van der Waals surface area contributed by atoms with Crippen molar-refractivity contribution in [2.45, 2.75) is 38.2 Å². The molecule has 0 spiro atoms. The minimum absolute atomic E-state index is 0.338. The van der Waals surface area contributed by atoms with Crippen LogP contribution in [0.3, 0.4) is 0 Å². The Kier molecular flexibility index (Phi) is 5.59. The van der Waals surface area contributed by atoms with Crippen LogP contribution >= 0.6 is 15.9 Å². The molecule has 0 aromatic heterocycles. The molecule has 1 aromatic rings. The molecule has 1 aliphatic heterocycles. The minimum atomic E-state index is -0.593. The molecule has 1 aliphatic rings. The van der Waals surface area contributed by atoms with E-state index in [0.29, 0.717) is 13.1 Å². The van der Waals surface area contributed by atoms with E-state index >= 15 is 0 Å². The van der Waals surface area contributed by atoms with Crippen molar-refractivity contribution < 1.29 is 19.0 Å². The molecule has 0 radical (unpaired) electrons. The highest BCUT2D eigenvalue weighted by Gasteiger charge is 2.45. The molecule has 0 unspecified atom stereocenters. The van der Waals surface area contributed by atoms with Crippen LogP contribution in [0.25, 0.3) is 0 Å². The van der Waals surface area contributed by atoms with Crippen molar-refractivity contribution in [3.63, 3.8) is 0 Å². The van der Waals surface area contributed by atoms with Gasteiger partial charge in [-0.3, -0.25) is 0 Å². The number of nitrogens with two attached hydrogens (primary N) is 1. The molecule has 7 heteroatoms. The maximum Gasteiger partial charge on any atom is 0.410 e. The van der Waals surface area contributed by atoms with Crippen LogP contribution < -0.4 is 5.73 Å². The standard InChI is InChI=1S/C17H25BrN2O4/c1-16(2,3)24-15(21)20-9-17(19,10-20)12-7-6-11(8-13(12)18)14(22-4)23-5/h6-8,14H,9-10,19H2,1-5H3. The predicted molar refractivity (Wildman–Crippen MR) is 94.6 cm³/mol. The number of methoxy groups -OCH3 is 2. The van der Waals surface area contributed by atoms with Crippen LogP contribution in [0.2, 0.25) is 0 Å². The number of carbonyl (C=O) groups is 1. The van der Waals surface area contributed by atoms with Crippen LogP contribution in [0.4, 0.5) is 4.79 Å². The van der Waals surface area contributed by atoms with Gasteiger partial charge in [0.05, 0.1) is 5.54 Å². The minimum Gasteiger partial charge on any atom is -0.444 e. The number of ether oxygens (including phenoxy) is 3. The fourth-order valence-electron chi connectivity index (χ4n) is 2.71. The third-order valence-electron chi connectivity index (χ3n) is 3.83. The van der Waals surface area contributed by atoms with Gasteiger partial charge in [-0.1, -0.05) is 28.1 Å². The first-order chi connectivity index (χ1) is 11.1. The Hall–Kier alpha value is -1.15. The van der Waals surface area contributed by atoms with Crippen molar-refractivity contribution in [1.82, 2.24) is 4.90 Å². The molecular weight excluding hydrogens is 376 g/mol. The van der Waals surface area contributed by atoms with Gasteiger partial charge in [-0.25, -0.2) is 4.79 Å². The Morgan fingerprint density at radius 2 is 1.88 bits per heavy atom. The van der Waals surface area contributed by atoms with Gasteiger partial charge in [-0.2, -0.15) is 0 Å². The lowest BCUT2D eigenvalue weighted by Gasteiger charge is -2.48. The Labute approximate surface area is 151 Å². The summed E-state index contributed by atoms with van der Waals surface area (Å²) in [4.78, 5) is 13.7. The normalized spacial score (nSPS) is 16.9. The average Bonchev–Trinajstić information content (AvgIpc) is 2.43. The molecular formula is C17H25BrN2O4. The average molecular weight is 401 g/mol. The summed E-state index contributed by atoms with van der Waals surface area (Å²) in [6, 6.07) is 5.79. The predicted octanol–water partition coefficient (Wildman–Crippen LogP) is 3.15. The van der Waals surface area contributed by atoms with Crippen LogP contribution in [0, 0.1) is 0 Å². The Morgan fingerprint density at radius 3 is 2.33 bits per heavy atom. The molecule has 1 amide bonds. The molecule has 0 atom stereocenters. The molecule has 134 valence electrons. The van der Waals surface area contributed by atoms with Crippen molar-refractivity contribution >= 4 is 22.0 Å². The molecule has 24 heavy (non-hydrogen) atoms. The monoisotopic (exact) mass is 400 g/mol. The zero-order chi connectivity index (χ0) is 18.1. The molecule has 0 saturated carbocycles. The van der Waals surface area contributed by atoms with E-state index in [9.17, 15) is 4.79 Å². The summed E-state index contributed by atoms with van der Waals surface area (Å²) in [7, 11) is 3.18. The highest BCUT2D eigenvalue weighted by Crippen LogP contribution is 2.36. The first kappa shape index (κ1) is 19.2. The van der Waals surface area contributed by atoms with Crippen LogP contribution in [-0.2, 0) is 19.7 Å². The van der Waals surface area contributed by atoms with E-state index in [2.05, 4.69) is 15.9 Å². The van der Waals surface area contributed by atoms with Crippen LogP contribution in [0.1, 0.15) is 38.2 Å². The van der Waals surface area contributed by atoms with Crippen molar-refractivity contribution in [2.75, 3.05) is 27.3 Å². The van der Waals surface area contributed by atoms with Crippen LogP contribution in [0.5, 0.6) is 0 Å². The highest BCUT2D eigenvalue weighted by molar-refractivity contribution is 9.10. The summed E-state index contributed by atoms with van der Waals surface area (Å²) in [6.07, 6.45) is -0.765. The number of carbonyl (C=O) groups excluding carboxylic acids is 1. The smallest absolute Gasteiger partial charge is 0.410 e. The van der Waals surface area contributed by atoms with E-state index in [0.717, 1.165) is 15.6 Å². The number of likely N-dealkylation sites (tertiary alicyclic amines) is 1. The Bertz CT molecular complexity index is 605. The van der Waals surface area contributed by atoms with E-state index in [1.54, 1.807) is 19.1 Å². The van der Waals surface area contributed by atoms with E-state index in [-0.39, 0.29) is 6.09 Å².